The Morgan fingerprint density at radius 3 is 2.60 bits per heavy atom. The van der Waals surface area contributed by atoms with Gasteiger partial charge in [-0.05, 0) is 24.3 Å². The van der Waals surface area contributed by atoms with Crippen LogP contribution in [0.15, 0.2) is 46.9 Å². The van der Waals surface area contributed by atoms with Gasteiger partial charge in [-0.1, -0.05) is 23.7 Å². The summed E-state index contributed by atoms with van der Waals surface area (Å²) in [6.07, 6.45) is -4.91. The molecule has 0 aliphatic rings. The number of hydrogen-bond donors (Lipinski definition) is 0. The molecule has 0 N–H and O–H groups in total. The van der Waals surface area contributed by atoms with Crippen molar-refractivity contribution in [3.8, 4) is 17.1 Å². The van der Waals surface area contributed by atoms with Gasteiger partial charge in [0, 0.05) is 16.7 Å². The van der Waals surface area contributed by atoms with Crippen molar-refractivity contribution in [2.75, 3.05) is 7.11 Å². The number of esters is 1. The Labute approximate surface area is 144 Å². The molecule has 3 aromatic rings. The quantitative estimate of drug-likeness (QED) is 0.576. The van der Waals surface area contributed by atoms with Crippen molar-refractivity contribution in [1.82, 2.24) is 0 Å². The van der Waals surface area contributed by atoms with E-state index in [-0.39, 0.29) is 27.9 Å². The van der Waals surface area contributed by atoms with Crippen LogP contribution in [-0.4, -0.2) is 19.4 Å². The molecule has 1 heterocycles. The SMILES string of the molecule is COC(=O)c1cccc(-c2oc3cc(Cl)ccc3c2OC(F)(F)F)c1. The molecule has 0 amide bonds. The number of carbonyl (C=O) groups excluding carboxylic acids is 1. The van der Waals surface area contributed by atoms with Crippen molar-refractivity contribution >= 4 is 28.5 Å². The van der Waals surface area contributed by atoms with Crippen LogP contribution < -0.4 is 4.74 Å². The maximum atomic E-state index is 12.8. The summed E-state index contributed by atoms with van der Waals surface area (Å²) in [6, 6.07) is 10.0. The number of benzene rings is 2. The van der Waals surface area contributed by atoms with E-state index in [9.17, 15) is 18.0 Å². The van der Waals surface area contributed by atoms with Gasteiger partial charge >= 0.3 is 12.3 Å². The first kappa shape index (κ1) is 17.2. The third kappa shape index (κ3) is 3.56. The summed E-state index contributed by atoms with van der Waals surface area (Å²) >= 11 is 5.86. The highest BCUT2D eigenvalue weighted by Crippen LogP contribution is 2.43. The second-order valence-corrected chi connectivity index (χ2v) is 5.46. The van der Waals surface area contributed by atoms with Crippen LogP contribution in [-0.2, 0) is 4.74 Å². The molecule has 3 rings (SSSR count). The number of methoxy groups -OCH3 is 1. The molecule has 0 saturated heterocycles. The van der Waals surface area contributed by atoms with E-state index in [1.54, 1.807) is 0 Å². The summed E-state index contributed by atoms with van der Waals surface area (Å²) in [4.78, 5) is 11.6. The van der Waals surface area contributed by atoms with Gasteiger partial charge in [0.1, 0.15) is 5.58 Å². The van der Waals surface area contributed by atoms with Crippen LogP contribution in [0.2, 0.25) is 5.02 Å². The Bertz CT molecular complexity index is 947. The van der Waals surface area contributed by atoms with E-state index in [0.29, 0.717) is 5.02 Å². The van der Waals surface area contributed by atoms with Gasteiger partial charge in [0.05, 0.1) is 18.1 Å². The predicted molar refractivity (Wildman–Crippen MR) is 84.7 cm³/mol. The number of rotatable bonds is 3. The van der Waals surface area contributed by atoms with Gasteiger partial charge in [0.15, 0.2) is 11.5 Å². The van der Waals surface area contributed by atoms with Gasteiger partial charge in [-0.3, -0.25) is 0 Å². The van der Waals surface area contributed by atoms with Gasteiger partial charge in [0.25, 0.3) is 0 Å². The zero-order valence-electron chi connectivity index (χ0n) is 12.7. The molecule has 0 spiro atoms. The first-order valence-corrected chi connectivity index (χ1v) is 7.33. The number of alkyl halides is 3. The monoisotopic (exact) mass is 370 g/mol. The molecular formula is C17H10ClF3O4. The second kappa shape index (κ2) is 6.33. The first-order valence-electron chi connectivity index (χ1n) is 6.95. The number of halogens is 4. The first-order chi connectivity index (χ1) is 11.8. The number of fused-ring (bicyclic) bond motifs is 1. The molecule has 130 valence electrons. The van der Waals surface area contributed by atoms with Crippen molar-refractivity contribution < 1.29 is 31.9 Å². The number of carbonyl (C=O) groups is 1. The minimum Gasteiger partial charge on any atom is -0.465 e. The van der Waals surface area contributed by atoms with Crippen molar-refractivity contribution in [2.45, 2.75) is 6.36 Å². The number of hydrogen-bond acceptors (Lipinski definition) is 4. The van der Waals surface area contributed by atoms with Crippen LogP contribution in [0.3, 0.4) is 0 Å². The lowest BCUT2D eigenvalue weighted by molar-refractivity contribution is -0.274. The molecule has 0 radical (unpaired) electrons. The molecule has 0 unspecified atom stereocenters. The summed E-state index contributed by atoms with van der Waals surface area (Å²) in [5.41, 5.74) is 0.524. The highest BCUT2D eigenvalue weighted by Gasteiger charge is 2.35. The van der Waals surface area contributed by atoms with Crippen molar-refractivity contribution in [2.24, 2.45) is 0 Å². The lowest BCUT2D eigenvalue weighted by atomic mass is 10.1. The van der Waals surface area contributed by atoms with E-state index < -0.39 is 18.1 Å². The minimum atomic E-state index is -4.91. The highest BCUT2D eigenvalue weighted by molar-refractivity contribution is 6.31. The van der Waals surface area contributed by atoms with Crippen LogP contribution in [0.5, 0.6) is 5.75 Å². The lowest BCUT2D eigenvalue weighted by Crippen LogP contribution is -2.17. The van der Waals surface area contributed by atoms with Gasteiger partial charge in [0.2, 0.25) is 0 Å². The van der Waals surface area contributed by atoms with Crippen molar-refractivity contribution in [3.63, 3.8) is 0 Å². The van der Waals surface area contributed by atoms with Gasteiger partial charge < -0.3 is 13.9 Å². The van der Waals surface area contributed by atoms with Crippen LogP contribution in [0.1, 0.15) is 10.4 Å². The molecule has 4 nitrogen and oxygen atoms in total. The van der Waals surface area contributed by atoms with Crippen molar-refractivity contribution in [3.05, 3.63) is 53.1 Å². The van der Waals surface area contributed by atoms with E-state index in [4.69, 9.17) is 16.0 Å². The molecule has 0 saturated carbocycles. The summed E-state index contributed by atoms with van der Waals surface area (Å²) < 4.78 is 52.7. The topological polar surface area (TPSA) is 48.7 Å². The number of ether oxygens (including phenoxy) is 2. The summed E-state index contributed by atoms with van der Waals surface area (Å²) in [7, 11) is 1.20. The summed E-state index contributed by atoms with van der Waals surface area (Å²) in [5.74, 6) is -1.29. The maximum absolute atomic E-state index is 12.8. The van der Waals surface area contributed by atoms with E-state index in [1.165, 1.54) is 49.6 Å². The summed E-state index contributed by atoms with van der Waals surface area (Å²) in [6.45, 7) is 0. The number of furan rings is 1. The molecule has 0 aliphatic carbocycles. The van der Waals surface area contributed by atoms with Crippen LogP contribution in [0.25, 0.3) is 22.3 Å². The molecule has 0 fully saturated rings. The molecule has 8 heteroatoms. The smallest absolute Gasteiger partial charge is 0.465 e. The Hall–Kier alpha value is -2.67. The van der Waals surface area contributed by atoms with Gasteiger partial charge in [-0.15, -0.1) is 13.2 Å². The van der Waals surface area contributed by atoms with E-state index in [1.807, 2.05) is 0 Å². The standard InChI is InChI=1S/C17H10ClF3O4/c1-23-16(22)10-4-2-3-9(7-10)14-15(25-17(19,20)21)12-6-5-11(18)8-13(12)24-14/h2-8H,1H3. The largest absolute Gasteiger partial charge is 0.573 e. The third-order valence-electron chi connectivity index (χ3n) is 3.37. The maximum Gasteiger partial charge on any atom is 0.573 e. The van der Waals surface area contributed by atoms with Crippen molar-refractivity contribution in [1.29, 1.82) is 0 Å². The Kier molecular flexibility index (Phi) is 4.34. The summed E-state index contributed by atoms with van der Waals surface area (Å²) in [5, 5.41) is 0.412. The average Bonchev–Trinajstić information content (AvgIpc) is 2.90. The molecule has 0 bridgehead atoms. The highest BCUT2D eigenvalue weighted by atomic mass is 35.5. The Morgan fingerprint density at radius 2 is 1.92 bits per heavy atom. The van der Waals surface area contributed by atoms with E-state index in [0.717, 1.165) is 0 Å². The molecule has 2 aromatic carbocycles. The predicted octanol–water partition coefficient (Wildman–Crippen LogP) is 5.44. The van der Waals surface area contributed by atoms with Gasteiger partial charge in [-0.25, -0.2) is 4.79 Å². The fraction of sp³-hybridized carbons (Fsp3) is 0.118. The molecule has 0 aliphatic heterocycles. The average molecular weight is 371 g/mol. The zero-order chi connectivity index (χ0) is 18.2. The van der Waals surface area contributed by atoms with Crippen LogP contribution in [0.4, 0.5) is 13.2 Å². The second-order valence-electron chi connectivity index (χ2n) is 5.02. The third-order valence-corrected chi connectivity index (χ3v) is 3.61. The lowest BCUT2D eigenvalue weighted by Gasteiger charge is -2.09. The Balaban J connectivity index is 2.21. The molecule has 0 atom stereocenters. The molecule has 25 heavy (non-hydrogen) atoms. The normalized spacial score (nSPS) is 11.6. The molecule has 1 aromatic heterocycles. The minimum absolute atomic E-state index is 0.111. The van der Waals surface area contributed by atoms with Crippen LogP contribution in [0, 0.1) is 0 Å². The Morgan fingerprint density at radius 1 is 1.16 bits per heavy atom. The molecular weight excluding hydrogens is 361 g/mol. The fourth-order valence-electron chi connectivity index (χ4n) is 2.36. The van der Waals surface area contributed by atoms with E-state index >= 15 is 0 Å². The van der Waals surface area contributed by atoms with Gasteiger partial charge in [-0.2, -0.15) is 0 Å². The van der Waals surface area contributed by atoms with E-state index in [2.05, 4.69) is 9.47 Å². The van der Waals surface area contributed by atoms with Crippen LogP contribution >= 0.6 is 11.6 Å². The zero-order valence-corrected chi connectivity index (χ0v) is 13.4. The fourth-order valence-corrected chi connectivity index (χ4v) is 2.52.